The van der Waals surface area contributed by atoms with Gasteiger partial charge in [-0.15, -0.1) is 11.3 Å². The van der Waals surface area contributed by atoms with Crippen LogP contribution in [0.25, 0.3) is 0 Å². The van der Waals surface area contributed by atoms with E-state index in [0.717, 1.165) is 19.6 Å². The summed E-state index contributed by atoms with van der Waals surface area (Å²) in [5.41, 5.74) is 1.61. The molecule has 1 N–H and O–H groups in total. The van der Waals surface area contributed by atoms with Crippen molar-refractivity contribution in [3.05, 3.63) is 21.4 Å². The Bertz CT molecular complexity index is 347. The molecule has 0 bridgehead atoms. The molecule has 3 rings (SSSR count). The Morgan fingerprint density at radius 1 is 1.50 bits per heavy atom. The molecule has 1 aliphatic carbocycles. The SMILES string of the molecule is CC(NC1CCOC1)c1cc2c(s1)CCC2. The molecule has 1 aromatic rings. The van der Waals surface area contributed by atoms with E-state index in [-0.39, 0.29) is 0 Å². The zero-order valence-corrected chi connectivity index (χ0v) is 10.6. The highest BCUT2D eigenvalue weighted by Crippen LogP contribution is 2.33. The molecule has 0 saturated carbocycles. The number of fused-ring (bicyclic) bond motifs is 1. The van der Waals surface area contributed by atoms with Gasteiger partial charge in [0.2, 0.25) is 0 Å². The van der Waals surface area contributed by atoms with Gasteiger partial charge in [-0.25, -0.2) is 0 Å². The van der Waals surface area contributed by atoms with E-state index in [0.29, 0.717) is 12.1 Å². The highest BCUT2D eigenvalue weighted by atomic mass is 32.1. The fraction of sp³-hybridized carbons (Fsp3) is 0.692. The lowest BCUT2D eigenvalue weighted by atomic mass is 10.1. The van der Waals surface area contributed by atoms with Crippen LogP contribution in [-0.4, -0.2) is 19.3 Å². The van der Waals surface area contributed by atoms with E-state index in [1.54, 1.807) is 10.4 Å². The molecular formula is C13H19NOS. The maximum Gasteiger partial charge on any atom is 0.0620 e. The largest absolute Gasteiger partial charge is 0.380 e. The molecule has 0 spiro atoms. The van der Waals surface area contributed by atoms with Crippen molar-refractivity contribution in [2.24, 2.45) is 0 Å². The number of nitrogens with one attached hydrogen (secondary N) is 1. The summed E-state index contributed by atoms with van der Waals surface area (Å²) in [5.74, 6) is 0. The van der Waals surface area contributed by atoms with E-state index in [1.165, 1.54) is 24.1 Å². The summed E-state index contributed by atoms with van der Waals surface area (Å²) < 4.78 is 5.40. The molecule has 2 atom stereocenters. The van der Waals surface area contributed by atoms with E-state index < -0.39 is 0 Å². The van der Waals surface area contributed by atoms with E-state index in [2.05, 4.69) is 18.3 Å². The number of hydrogen-bond acceptors (Lipinski definition) is 3. The first-order chi connectivity index (χ1) is 7.83. The maximum atomic E-state index is 5.40. The molecule has 16 heavy (non-hydrogen) atoms. The zero-order chi connectivity index (χ0) is 11.0. The second kappa shape index (κ2) is 4.47. The number of rotatable bonds is 3. The molecule has 1 aliphatic heterocycles. The summed E-state index contributed by atoms with van der Waals surface area (Å²) in [7, 11) is 0. The molecular weight excluding hydrogens is 218 g/mol. The lowest BCUT2D eigenvalue weighted by molar-refractivity contribution is 0.188. The number of hydrogen-bond donors (Lipinski definition) is 1. The summed E-state index contributed by atoms with van der Waals surface area (Å²) >= 11 is 2.01. The van der Waals surface area contributed by atoms with Gasteiger partial charge >= 0.3 is 0 Å². The molecule has 3 heteroatoms. The van der Waals surface area contributed by atoms with Crippen LogP contribution in [0.1, 0.15) is 41.1 Å². The molecule has 1 aromatic heterocycles. The average molecular weight is 237 g/mol. The van der Waals surface area contributed by atoms with E-state index in [9.17, 15) is 0 Å². The summed E-state index contributed by atoms with van der Waals surface area (Å²) in [4.78, 5) is 3.14. The number of thiophene rings is 1. The van der Waals surface area contributed by atoms with Crippen LogP contribution >= 0.6 is 11.3 Å². The molecule has 2 aliphatic rings. The minimum absolute atomic E-state index is 0.488. The van der Waals surface area contributed by atoms with Crippen molar-refractivity contribution >= 4 is 11.3 Å². The first kappa shape index (κ1) is 10.8. The lowest BCUT2D eigenvalue weighted by Gasteiger charge is -2.16. The van der Waals surface area contributed by atoms with Crippen molar-refractivity contribution in [1.29, 1.82) is 0 Å². The Morgan fingerprint density at radius 3 is 3.19 bits per heavy atom. The Morgan fingerprint density at radius 2 is 2.44 bits per heavy atom. The number of ether oxygens (including phenoxy) is 1. The Kier molecular flexibility index (Phi) is 3.01. The van der Waals surface area contributed by atoms with Crippen LogP contribution in [0.3, 0.4) is 0 Å². The van der Waals surface area contributed by atoms with Gasteiger partial charge in [0.25, 0.3) is 0 Å². The molecule has 2 nitrogen and oxygen atoms in total. The standard InChI is InChI=1S/C13H19NOS/c1-9(14-11-5-6-15-8-11)13-7-10-3-2-4-12(10)16-13/h7,9,11,14H,2-6,8H2,1H3. The quantitative estimate of drug-likeness (QED) is 0.872. The molecule has 0 amide bonds. The Labute approximate surface area is 101 Å². The summed E-state index contributed by atoms with van der Waals surface area (Å²) in [6.45, 7) is 4.08. The topological polar surface area (TPSA) is 21.3 Å². The molecule has 2 heterocycles. The first-order valence-electron chi connectivity index (χ1n) is 6.28. The highest BCUT2D eigenvalue weighted by Gasteiger charge is 2.21. The smallest absolute Gasteiger partial charge is 0.0620 e. The lowest BCUT2D eigenvalue weighted by Crippen LogP contribution is -2.31. The van der Waals surface area contributed by atoms with E-state index >= 15 is 0 Å². The van der Waals surface area contributed by atoms with Gasteiger partial charge in [-0.1, -0.05) is 0 Å². The summed E-state index contributed by atoms with van der Waals surface area (Å²) in [5, 5.41) is 3.67. The van der Waals surface area contributed by atoms with Crippen LogP contribution in [0.15, 0.2) is 6.07 Å². The van der Waals surface area contributed by atoms with Gasteiger partial charge in [0.1, 0.15) is 0 Å². The third kappa shape index (κ3) is 2.04. The molecule has 0 aromatic carbocycles. The van der Waals surface area contributed by atoms with Crippen molar-refractivity contribution in [3.8, 4) is 0 Å². The second-order valence-electron chi connectivity index (χ2n) is 4.90. The maximum absolute atomic E-state index is 5.40. The van der Waals surface area contributed by atoms with Gasteiger partial charge in [0, 0.05) is 28.4 Å². The van der Waals surface area contributed by atoms with Gasteiger partial charge in [0.15, 0.2) is 0 Å². The average Bonchev–Trinajstić information content (AvgIpc) is 2.91. The van der Waals surface area contributed by atoms with Crippen LogP contribution in [0.2, 0.25) is 0 Å². The normalized spacial score (nSPS) is 25.9. The van der Waals surface area contributed by atoms with Crippen molar-refractivity contribution in [3.63, 3.8) is 0 Å². The van der Waals surface area contributed by atoms with Crippen molar-refractivity contribution < 1.29 is 4.74 Å². The van der Waals surface area contributed by atoms with Gasteiger partial charge in [-0.05, 0) is 44.2 Å². The van der Waals surface area contributed by atoms with Crippen LogP contribution in [0.4, 0.5) is 0 Å². The van der Waals surface area contributed by atoms with Crippen molar-refractivity contribution in [2.75, 3.05) is 13.2 Å². The fourth-order valence-electron chi connectivity index (χ4n) is 2.67. The minimum Gasteiger partial charge on any atom is -0.380 e. The van der Waals surface area contributed by atoms with Crippen LogP contribution in [-0.2, 0) is 17.6 Å². The Balaban J connectivity index is 1.66. The molecule has 1 saturated heterocycles. The minimum atomic E-state index is 0.488. The van der Waals surface area contributed by atoms with Crippen molar-refractivity contribution in [2.45, 2.75) is 44.7 Å². The fourth-order valence-corrected chi connectivity index (χ4v) is 3.94. The second-order valence-corrected chi connectivity index (χ2v) is 6.07. The van der Waals surface area contributed by atoms with Gasteiger partial charge in [0.05, 0.1) is 6.61 Å². The molecule has 1 fully saturated rings. The highest BCUT2D eigenvalue weighted by molar-refractivity contribution is 7.12. The molecule has 0 radical (unpaired) electrons. The number of aryl methyl sites for hydroxylation is 2. The molecule has 2 unspecified atom stereocenters. The Hall–Kier alpha value is -0.380. The molecule has 88 valence electrons. The third-order valence-corrected chi connectivity index (χ3v) is 5.03. The first-order valence-corrected chi connectivity index (χ1v) is 7.10. The van der Waals surface area contributed by atoms with E-state index in [4.69, 9.17) is 4.74 Å². The third-order valence-electron chi connectivity index (χ3n) is 3.61. The summed E-state index contributed by atoms with van der Waals surface area (Å²) in [6, 6.07) is 3.47. The van der Waals surface area contributed by atoms with Crippen LogP contribution in [0.5, 0.6) is 0 Å². The van der Waals surface area contributed by atoms with Gasteiger partial charge < -0.3 is 10.1 Å². The van der Waals surface area contributed by atoms with Crippen molar-refractivity contribution in [1.82, 2.24) is 5.32 Å². The zero-order valence-electron chi connectivity index (χ0n) is 9.79. The monoisotopic (exact) mass is 237 g/mol. The van der Waals surface area contributed by atoms with Gasteiger partial charge in [-0.3, -0.25) is 0 Å². The van der Waals surface area contributed by atoms with Crippen LogP contribution < -0.4 is 5.32 Å². The summed E-state index contributed by atoms with van der Waals surface area (Å²) in [6.07, 6.45) is 5.12. The van der Waals surface area contributed by atoms with Crippen LogP contribution in [0, 0.1) is 0 Å². The van der Waals surface area contributed by atoms with Gasteiger partial charge in [-0.2, -0.15) is 0 Å². The van der Waals surface area contributed by atoms with E-state index in [1.807, 2.05) is 11.3 Å². The predicted molar refractivity (Wildman–Crippen MR) is 67.1 cm³/mol. The predicted octanol–water partition coefficient (Wildman–Crippen LogP) is 2.68.